The van der Waals surface area contributed by atoms with Gasteiger partial charge in [-0.25, -0.2) is 4.98 Å². The van der Waals surface area contributed by atoms with Crippen molar-refractivity contribution in [1.82, 2.24) is 30.2 Å². The second kappa shape index (κ2) is 7.79. The Morgan fingerprint density at radius 2 is 2.11 bits per heavy atom. The molecule has 0 radical (unpaired) electrons. The lowest BCUT2D eigenvalue weighted by molar-refractivity contribution is 0.169. The Labute approximate surface area is 158 Å². The molecular weight excluding hydrogens is 342 g/mol. The second-order valence-electron chi connectivity index (χ2n) is 6.86. The summed E-state index contributed by atoms with van der Waals surface area (Å²) >= 11 is 0. The molecule has 142 valence electrons. The van der Waals surface area contributed by atoms with Crippen LogP contribution in [0.5, 0.6) is 0 Å². The Balaban J connectivity index is 1.31. The maximum absolute atomic E-state index is 4.91. The van der Waals surface area contributed by atoms with Gasteiger partial charge >= 0.3 is 0 Å². The number of aromatic nitrogens is 3. The van der Waals surface area contributed by atoms with E-state index in [0.29, 0.717) is 6.54 Å². The average molecular weight is 367 g/mol. The molecule has 1 aromatic carbocycles. The maximum atomic E-state index is 4.91. The number of aliphatic imine (C=N–C) groups is 1. The molecule has 1 saturated heterocycles. The van der Waals surface area contributed by atoms with Crippen molar-refractivity contribution in [2.45, 2.75) is 20.0 Å². The predicted molar refractivity (Wildman–Crippen MR) is 104 cm³/mol. The summed E-state index contributed by atoms with van der Waals surface area (Å²) in [6.45, 7) is 7.33. The zero-order valence-electron chi connectivity index (χ0n) is 15.8. The van der Waals surface area contributed by atoms with Gasteiger partial charge in [0, 0.05) is 45.8 Å². The van der Waals surface area contributed by atoms with Crippen molar-refractivity contribution in [2.75, 3.05) is 33.2 Å². The zero-order valence-corrected chi connectivity index (χ0v) is 15.8. The van der Waals surface area contributed by atoms with Gasteiger partial charge in [0.25, 0.3) is 0 Å². The van der Waals surface area contributed by atoms with Crippen molar-refractivity contribution in [3.05, 3.63) is 47.6 Å². The Morgan fingerprint density at radius 3 is 2.85 bits per heavy atom. The molecule has 8 heteroatoms. The summed E-state index contributed by atoms with van der Waals surface area (Å²) in [6, 6.07) is 8.17. The number of aromatic amines is 1. The number of hydrogen-bond acceptors (Lipinski definition) is 5. The van der Waals surface area contributed by atoms with E-state index in [1.165, 1.54) is 5.56 Å². The number of fused-ring (bicyclic) bond motifs is 1. The van der Waals surface area contributed by atoms with Crippen LogP contribution >= 0.6 is 0 Å². The third-order valence-electron chi connectivity index (χ3n) is 4.86. The van der Waals surface area contributed by atoms with Crippen LogP contribution in [0, 0.1) is 6.92 Å². The van der Waals surface area contributed by atoms with Gasteiger partial charge in [0.05, 0.1) is 23.3 Å². The minimum Gasteiger partial charge on any atom is -0.364 e. The molecule has 3 aromatic rings. The first-order valence-corrected chi connectivity index (χ1v) is 9.24. The van der Waals surface area contributed by atoms with Gasteiger partial charge in [-0.3, -0.25) is 9.89 Å². The van der Waals surface area contributed by atoms with Crippen LogP contribution < -0.4 is 5.32 Å². The smallest absolute Gasteiger partial charge is 0.194 e. The molecule has 3 heterocycles. The molecular formula is C19H25N7O. The minimum absolute atomic E-state index is 0.625. The topological polar surface area (TPSA) is 85.6 Å². The van der Waals surface area contributed by atoms with Crippen LogP contribution in [0.3, 0.4) is 0 Å². The number of imidazole rings is 1. The van der Waals surface area contributed by atoms with Gasteiger partial charge in [0.15, 0.2) is 5.96 Å². The number of H-pyrrole nitrogens is 1. The van der Waals surface area contributed by atoms with Crippen LogP contribution in [0.25, 0.3) is 11.0 Å². The van der Waals surface area contributed by atoms with Gasteiger partial charge in [-0.15, -0.1) is 0 Å². The number of nitrogens with one attached hydrogen (secondary N) is 2. The third-order valence-corrected chi connectivity index (χ3v) is 4.86. The van der Waals surface area contributed by atoms with E-state index in [1.54, 1.807) is 6.26 Å². The fourth-order valence-electron chi connectivity index (χ4n) is 3.42. The van der Waals surface area contributed by atoms with Crippen LogP contribution in [0.1, 0.15) is 17.1 Å². The average Bonchev–Trinajstić information content (AvgIpc) is 3.32. The van der Waals surface area contributed by atoms with Crippen molar-refractivity contribution < 1.29 is 4.52 Å². The van der Waals surface area contributed by atoms with Crippen molar-refractivity contribution in [3.8, 4) is 0 Å². The molecule has 0 saturated carbocycles. The van der Waals surface area contributed by atoms with Crippen molar-refractivity contribution in [3.63, 3.8) is 0 Å². The van der Waals surface area contributed by atoms with Crippen LogP contribution in [-0.2, 0) is 13.1 Å². The number of nitrogens with zero attached hydrogens (tertiary/aromatic N) is 5. The molecule has 0 bridgehead atoms. The van der Waals surface area contributed by atoms with Crippen molar-refractivity contribution in [2.24, 2.45) is 4.99 Å². The Hall–Kier alpha value is -2.87. The minimum atomic E-state index is 0.625. The van der Waals surface area contributed by atoms with E-state index in [4.69, 9.17) is 4.52 Å². The van der Waals surface area contributed by atoms with E-state index in [1.807, 2.05) is 19.2 Å². The van der Waals surface area contributed by atoms with Gasteiger partial charge < -0.3 is 19.7 Å². The summed E-state index contributed by atoms with van der Waals surface area (Å²) < 4.78 is 4.91. The Bertz CT molecular complexity index is 907. The number of piperazine rings is 1. The van der Waals surface area contributed by atoms with Crippen LogP contribution in [0.2, 0.25) is 0 Å². The standard InChI is InChI=1S/C19H25N7O/c1-14-3-4-16-17(11-14)23-18(22-16)12-21-19(20-2)26-8-6-25(7-9-26)13-15-5-10-27-24-15/h3-5,10-11H,6-9,12-13H2,1-2H3,(H,20,21)(H,22,23). The summed E-state index contributed by atoms with van der Waals surface area (Å²) in [4.78, 5) is 17.1. The monoisotopic (exact) mass is 367 g/mol. The van der Waals surface area contributed by atoms with E-state index in [0.717, 1.165) is 61.2 Å². The number of aryl methyl sites for hydroxylation is 1. The molecule has 0 spiro atoms. The molecule has 4 rings (SSSR count). The van der Waals surface area contributed by atoms with Gasteiger partial charge in [-0.2, -0.15) is 0 Å². The molecule has 0 amide bonds. The first-order valence-electron chi connectivity index (χ1n) is 9.24. The van der Waals surface area contributed by atoms with E-state index in [-0.39, 0.29) is 0 Å². The predicted octanol–water partition coefficient (Wildman–Crippen LogP) is 1.75. The zero-order chi connectivity index (χ0) is 18.6. The molecule has 1 aliphatic heterocycles. The van der Waals surface area contributed by atoms with Crippen LogP contribution in [-0.4, -0.2) is 64.1 Å². The highest BCUT2D eigenvalue weighted by Crippen LogP contribution is 2.13. The normalized spacial score (nSPS) is 16.2. The van der Waals surface area contributed by atoms with Gasteiger partial charge in [0.2, 0.25) is 0 Å². The lowest BCUT2D eigenvalue weighted by Crippen LogP contribution is -2.52. The molecule has 0 atom stereocenters. The van der Waals surface area contributed by atoms with E-state index in [9.17, 15) is 0 Å². The molecule has 0 unspecified atom stereocenters. The largest absolute Gasteiger partial charge is 0.364 e. The molecule has 2 N–H and O–H groups in total. The van der Waals surface area contributed by atoms with Crippen molar-refractivity contribution in [1.29, 1.82) is 0 Å². The summed E-state index contributed by atoms with van der Waals surface area (Å²) in [5, 5.41) is 7.42. The second-order valence-corrected chi connectivity index (χ2v) is 6.86. The third kappa shape index (κ3) is 4.11. The lowest BCUT2D eigenvalue weighted by atomic mass is 10.2. The molecule has 27 heavy (non-hydrogen) atoms. The van der Waals surface area contributed by atoms with E-state index < -0.39 is 0 Å². The lowest BCUT2D eigenvalue weighted by Gasteiger charge is -2.36. The van der Waals surface area contributed by atoms with Gasteiger partial charge in [-0.1, -0.05) is 11.2 Å². The number of rotatable bonds is 4. The highest BCUT2D eigenvalue weighted by atomic mass is 16.5. The molecule has 1 fully saturated rings. The molecule has 1 aliphatic rings. The van der Waals surface area contributed by atoms with Crippen LogP contribution in [0.4, 0.5) is 0 Å². The van der Waals surface area contributed by atoms with Crippen LogP contribution in [0.15, 0.2) is 40.0 Å². The first kappa shape index (κ1) is 17.5. The molecule has 2 aromatic heterocycles. The number of benzene rings is 1. The highest BCUT2D eigenvalue weighted by Gasteiger charge is 2.20. The number of guanidine groups is 1. The van der Waals surface area contributed by atoms with E-state index >= 15 is 0 Å². The van der Waals surface area contributed by atoms with Crippen molar-refractivity contribution >= 4 is 17.0 Å². The fourth-order valence-corrected chi connectivity index (χ4v) is 3.42. The Morgan fingerprint density at radius 1 is 1.26 bits per heavy atom. The quantitative estimate of drug-likeness (QED) is 0.540. The summed E-state index contributed by atoms with van der Waals surface area (Å²) in [6.07, 6.45) is 1.62. The highest BCUT2D eigenvalue weighted by molar-refractivity contribution is 5.80. The maximum Gasteiger partial charge on any atom is 0.194 e. The van der Waals surface area contributed by atoms with Gasteiger partial charge in [-0.05, 0) is 24.6 Å². The molecule has 8 nitrogen and oxygen atoms in total. The first-order chi connectivity index (χ1) is 13.2. The summed E-state index contributed by atoms with van der Waals surface area (Å²) in [7, 11) is 1.83. The summed E-state index contributed by atoms with van der Waals surface area (Å²) in [5.41, 5.74) is 4.27. The van der Waals surface area contributed by atoms with E-state index in [2.05, 4.69) is 54.3 Å². The van der Waals surface area contributed by atoms with Gasteiger partial charge in [0.1, 0.15) is 12.1 Å². The molecule has 0 aliphatic carbocycles. The number of hydrogen-bond donors (Lipinski definition) is 2. The SMILES string of the molecule is CN=C(NCc1nc2ccc(C)cc2[nH]1)N1CCN(Cc2ccon2)CC1. The summed E-state index contributed by atoms with van der Waals surface area (Å²) in [5.74, 6) is 1.83. The Kier molecular flexibility index (Phi) is 5.06. The fraction of sp³-hybridized carbons (Fsp3) is 0.421.